The van der Waals surface area contributed by atoms with Gasteiger partial charge in [-0.05, 0) is 28.9 Å². The molecule has 0 amide bonds. The summed E-state index contributed by atoms with van der Waals surface area (Å²) >= 11 is 7.95. The number of hydrogen-bond acceptors (Lipinski definition) is 5. The predicted molar refractivity (Wildman–Crippen MR) is 143 cm³/mol. The highest BCUT2D eigenvalue weighted by Crippen LogP contribution is 2.41. The maximum atomic E-state index is 13.6. The van der Waals surface area contributed by atoms with E-state index in [9.17, 15) is 4.79 Å². The molecule has 174 valence electrons. The largest absolute Gasteiger partial charge is 0.295 e. The van der Waals surface area contributed by atoms with Crippen molar-refractivity contribution >= 4 is 42.5 Å². The summed E-state index contributed by atoms with van der Waals surface area (Å²) in [5.74, 6) is 3.50. The van der Waals surface area contributed by atoms with Gasteiger partial charge in [0.2, 0.25) is 0 Å². The minimum atomic E-state index is -2.04. The average molecular weight is 499 g/mol. The predicted octanol–water partition coefficient (Wildman–Crippen LogP) is 6.34. The van der Waals surface area contributed by atoms with Crippen LogP contribution in [0.2, 0.25) is 21.6 Å². The summed E-state index contributed by atoms with van der Waals surface area (Å²) in [5, 5.41) is 1.78. The molecule has 33 heavy (non-hydrogen) atoms. The fraction of sp³-hybridized carbons (Fsp3) is 0.440. The molecule has 0 aliphatic rings. The van der Waals surface area contributed by atoms with Crippen LogP contribution in [-0.2, 0) is 7.05 Å². The van der Waals surface area contributed by atoms with Crippen LogP contribution in [0, 0.1) is 11.5 Å². The van der Waals surface area contributed by atoms with Crippen molar-refractivity contribution in [1.29, 1.82) is 0 Å². The Morgan fingerprint density at radius 1 is 1.09 bits per heavy atom. The monoisotopic (exact) mass is 498 g/mol. The maximum absolute atomic E-state index is 13.6. The van der Waals surface area contributed by atoms with E-state index in [1.165, 1.54) is 11.8 Å². The molecule has 0 aromatic carbocycles. The van der Waals surface area contributed by atoms with Gasteiger partial charge in [0.25, 0.3) is 5.56 Å². The van der Waals surface area contributed by atoms with Crippen molar-refractivity contribution in [3.63, 3.8) is 0 Å². The Balaban J connectivity index is 2.50. The van der Waals surface area contributed by atoms with Gasteiger partial charge in [-0.1, -0.05) is 70.8 Å². The first-order valence-electron chi connectivity index (χ1n) is 11.1. The summed E-state index contributed by atoms with van der Waals surface area (Å²) in [5.41, 5.74) is 7.30. The lowest BCUT2D eigenvalue weighted by Crippen LogP contribution is -2.43. The smallest absolute Gasteiger partial charge is 0.261 e. The maximum Gasteiger partial charge on any atom is 0.261 e. The van der Waals surface area contributed by atoms with Crippen molar-refractivity contribution in [3.8, 4) is 22.6 Å². The van der Waals surface area contributed by atoms with Crippen LogP contribution in [0.4, 0.5) is 0 Å². The normalized spacial score (nSPS) is 12.0. The molecule has 3 aromatic heterocycles. The summed E-state index contributed by atoms with van der Waals surface area (Å²) in [6, 6.07) is 1.77. The molecule has 3 rings (SSSR count). The molecule has 8 heteroatoms. The first kappa shape index (κ1) is 25.5. The van der Waals surface area contributed by atoms with E-state index < -0.39 is 8.07 Å². The third kappa shape index (κ3) is 4.49. The minimum absolute atomic E-state index is 0.184. The van der Waals surface area contributed by atoms with Crippen molar-refractivity contribution in [2.75, 3.05) is 6.26 Å². The van der Waals surface area contributed by atoms with Crippen molar-refractivity contribution in [2.45, 2.75) is 63.3 Å². The van der Waals surface area contributed by atoms with Crippen LogP contribution < -0.4 is 5.56 Å². The van der Waals surface area contributed by atoms with Crippen LogP contribution in [0.1, 0.15) is 47.1 Å². The van der Waals surface area contributed by atoms with E-state index in [0.29, 0.717) is 49.1 Å². The zero-order valence-electron chi connectivity index (χ0n) is 20.5. The topological polar surface area (TPSA) is 60.7 Å². The highest BCUT2D eigenvalue weighted by molar-refractivity contribution is 7.98. The van der Waals surface area contributed by atoms with Crippen LogP contribution in [0.5, 0.6) is 0 Å². The van der Waals surface area contributed by atoms with Gasteiger partial charge in [-0.3, -0.25) is 14.3 Å². The molecule has 3 heterocycles. The second-order valence-corrected chi connectivity index (χ2v) is 16.0. The molecule has 0 fully saturated rings. The lowest BCUT2D eigenvalue weighted by molar-refractivity contribution is 0.838. The third-order valence-corrected chi connectivity index (χ3v) is 13.7. The molecule has 0 saturated heterocycles. The Morgan fingerprint density at radius 3 is 2.27 bits per heavy atom. The quantitative estimate of drug-likeness (QED) is 0.178. The summed E-state index contributed by atoms with van der Waals surface area (Å²) in [6.45, 7) is 13.7. The zero-order chi connectivity index (χ0) is 24.5. The Morgan fingerprint density at radius 2 is 1.73 bits per heavy atom. The number of fused-ring (bicyclic) bond motifs is 1. The first-order chi connectivity index (χ1) is 15.6. The standard InChI is InChI=1S/C25H31ClN4OSSi/c1-15(2)33(16(3)4,17(5)6)12-10-18-20-13-28-25(32-8)29-23(20)30(7)24(31)22(18)19-9-11-27-14-21(19)26/h9,11,13-17H,1-8H3. The molecule has 0 unspecified atom stereocenters. The van der Waals surface area contributed by atoms with Gasteiger partial charge in [-0.2, -0.15) is 0 Å². The average Bonchev–Trinajstić information content (AvgIpc) is 2.77. The van der Waals surface area contributed by atoms with E-state index in [0.717, 1.165) is 5.39 Å². The first-order valence-corrected chi connectivity index (χ1v) is 15.0. The molecule has 0 N–H and O–H groups in total. The summed E-state index contributed by atoms with van der Waals surface area (Å²) in [4.78, 5) is 26.9. The van der Waals surface area contributed by atoms with Gasteiger partial charge in [-0.15, -0.1) is 5.54 Å². The Bertz CT molecular complexity index is 1290. The molecule has 0 spiro atoms. The van der Waals surface area contributed by atoms with Crippen molar-refractivity contribution in [3.05, 3.63) is 45.6 Å². The highest BCUT2D eigenvalue weighted by atomic mass is 35.5. The lowest BCUT2D eigenvalue weighted by atomic mass is 10.00. The number of aromatic nitrogens is 4. The minimum Gasteiger partial charge on any atom is -0.295 e. The fourth-order valence-electron chi connectivity index (χ4n) is 4.95. The number of hydrogen-bond donors (Lipinski definition) is 0. The third-order valence-electron chi connectivity index (χ3n) is 6.60. The SMILES string of the molecule is CSc1ncc2c(C#C[Si](C(C)C)(C(C)C)C(C)C)c(-c3ccncc3Cl)c(=O)n(C)c2n1. The Kier molecular flexibility index (Phi) is 7.72. The fourth-order valence-corrected chi connectivity index (χ4v) is 10.7. The highest BCUT2D eigenvalue weighted by Gasteiger charge is 2.41. The summed E-state index contributed by atoms with van der Waals surface area (Å²) in [6.07, 6.45) is 6.89. The van der Waals surface area contributed by atoms with Crippen molar-refractivity contribution < 1.29 is 0 Å². The van der Waals surface area contributed by atoms with Gasteiger partial charge >= 0.3 is 0 Å². The Labute approximate surface area is 206 Å². The van der Waals surface area contributed by atoms with Crippen LogP contribution in [0.15, 0.2) is 34.6 Å². The number of nitrogens with zero attached hydrogens (tertiary/aromatic N) is 4. The van der Waals surface area contributed by atoms with E-state index >= 15 is 0 Å². The van der Waals surface area contributed by atoms with Crippen LogP contribution in [-0.4, -0.2) is 33.8 Å². The number of halogens is 1. The van der Waals surface area contributed by atoms with Crippen LogP contribution in [0.25, 0.3) is 22.2 Å². The van der Waals surface area contributed by atoms with Crippen LogP contribution >= 0.6 is 23.4 Å². The Hall–Kier alpha value is -2.14. The van der Waals surface area contributed by atoms with Gasteiger partial charge in [0.05, 0.1) is 16.0 Å². The van der Waals surface area contributed by atoms with E-state index in [-0.39, 0.29) is 5.56 Å². The van der Waals surface area contributed by atoms with Gasteiger partial charge in [-0.25, -0.2) is 9.97 Å². The summed E-state index contributed by atoms with van der Waals surface area (Å²) in [7, 11) is -0.315. The van der Waals surface area contributed by atoms with E-state index in [1.54, 1.807) is 36.3 Å². The zero-order valence-corrected chi connectivity index (χ0v) is 23.1. The summed E-state index contributed by atoms with van der Waals surface area (Å²) < 4.78 is 1.56. The number of pyridine rings is 2. The number of rotatable bonds is 5. The molecule has 0 aliphatic carbocycles. The van der Waals surface area contributed by atoms with Gasteiger partial charge in [0, 0.05) is 36.8 Å². The lowest BCUT2D eigenvalue weighted by Gasteiger charge is -2.38. The van der Waals surface area contributed by atoms with E-state index in [4.69, 9.17) is 11.6 Å². The molecule has 0 saturated carbocycles. The molecule has 5 nitrogen and oxygen atoms in total. The molecular formula is C25H31ClN4OSSi. The van der Waals surface area contributed by atoms with E-state index in [1.807, 2.05) is 6.26 Å². The molecule has 0 atom stereocenters. The second kappa shape index (κ2) is 10.0. The molecule has 0 bridgehead atoms. The van der Waals surface area contributed by atoms with E-state index in [2.05, 4.69) is 68.0 Å². The van der Waals surface area contributed by atoms with Gasteiger partial charge < -0.3 is 0 Å². The van der Waals surface area contributed by atoms with Crippen molar-refractivity contribution in [1.82, 2.24) is 19.5 Å². The van der Waals surface area contributed by atoms with Gasteiger partial charge in [0.15, 0.2) is 5.16 Å². The van der Waals surface area contributed by atoms with Crippen LogP contribution in [0.3, 0.4) is 0 Å². The van der Waals surface area contributed by atoms with Gasteiger partial charge in [0.1, 0.15) is 13.7 Å². The molecule has 0 aliphatic heterocycles. The molecule has 3 aromatic rings. The van der Waals surface area contributed by atoms with Crippen molar-refractivity contribution in [2.24, 2.45) is 7.05 Å². The number of aryl methyl sites for hydroxylation is 1. The molecular weight excluding hydrogens is 468 g/mol. The second-order valence-electron chi connectivity index (χ2n) is 9.21. The molecule has 0 radical (unpaired) electrons. The number of thioether (sulfide) groups is 1.